The lowest BCUT2D eigenvalue weighted by Crippen LogP contribution is -2.15. The Labute approximate surface area is 181 Å². The van der Waals surface area contributed by atoms with Crippen LogP contribution in [0.1, 0.15) is 44.0 Å². The Kier molecular flexibility index (Phi) is 5.82. The van der Waals surface area contributed by atoms with Gasteiger partial charge in [0.15, 0.2) is 11.5 Å². The predicted molar refractivity (Wildman–Crippen MR) is 120 cm³/mol. The number of carboxylic acid groups (broad SMARTS) is 1. The summed E-state index contributed by atoms with van der Waals surface area (Å²) in [6.07, 6.45) is 1.81. The van der Waals surface area contributed by atoms with Crippen LogP contribution in [0.25, 0.3) is 6.08 Å². The largest absolute Gasteiger partial charge is 0.478 e. The molecule has 0 aliphatic carbocycles. The molecule has 0 unspecified atom stereocenters. The van der Waals surface area contributed by atoms with Crippen LogP contribution >= 0.6 is 0 Å². The molecular formula is C25H26N2O4. The summed E-state index contributed by atoms with van der Waals surface area (Å²) in [5.74, 6) is 0.592. The zero-order chi connectivity index (χ0) is 22.0. The summed E-state index contributed by atoms with van der Waals surface area (Å²) >= 11 is 0. The quantitative estimate of drug-likeness (QED) is 0.563. The van der Waals surface area contributed by atoms with E-state index in [1.165, 1.54) is 0 Å². The van der Waals surface area contributed by atoms with Gasteiger partial charge in [-0.3, -0.25) is 0 Å². The molecule has 2 N–H and O–H groups in total. The van der Waals surface area contributed by atoms with Gasteiger partial charge in [0.1, 0.15) is 0 Å². The number of carbonyl (C=O) groups is 1. The second kappa shape index (κ2) is 8.70. The third kappa shape index (κ3) is 4.20. The molecule has 0 amide bonds. The fourth-order valence-corrected chi connectivity index (χ4v) is 4.01. The van der Waals surface area contributed by atoms with Gasteiger partial charge < -0.3 is 24.5 Å². The fourth-order valence-electron chi connectivity index (χ4n) is 4.01. The molecule has 0 radical (unpaired) electrons. The van der Waals surface area contributed by atoms with E-state index in [2.05, 4.69) is 16.5 Å². The molecule has 2 aromatic carbocycles. The summed E-state index contributed by atoms with van der Waals surface area (Å²) < 4.78 is 12.8. The molecule has 4 rings (SSSR count). The Morgan fingerprint density at radius 1 is 1.06 bits per heavy atom. The van der Waals surface area contributed by atoms with E-state index in [9.17, 15) is 9.90 Å². The summed E-state index contributed by atoms with van der Waals surface area (Å²) in [7, 11) is 0. The highest BCUT2D eigenvalue weighted by Crippen LogP contribution is 2.32. The number of aromatic carboxylic acids is 1. The van der Waals surface area contributed by atoms with Gasteiger partial charge in [-0.15, -0.1) is 0 Å². The van der Waals surface area contributed by atoms with Crippen LogP contribution in [0.3, 0.4) is 0 Å². The first-order chi connectivity index (χ1) is 15.0. The highest BCUT2D eigenvalue weighted by molar-refractivity contribution is 5.91. The lowest BCUT2D eigenvalue weighted by atomic mass is 10.1. The standard InChI is InChI=1S/C25H26N2O4/c1-4-18-5-7-19(8-6-18)14-27-16(2)21(24(17(27)3)25(28)29)13-26-12-20-9-10-22-23(11-20)31-15-30-22/h4-11,26H,1,12-15H2,2-3H3,(H,28,29). The Bertz CT molecular complexity index is 1130. The van der Waals surface area contributed by atoms with Gasteiger partial charge in [-0.25, -0.2) is 4.79 Å². The van der Waals surface area contributed by atoms with Crippen LogP contribution < -0.4 is 14.8 Å². The van der Waals surface area contributed by atoms with Gasteiger partial charge in [-0.1, -0.05) is 43.0 Å². The molecule has 31 heavy (non-hydrogen) atoms. The van der Waals surface area contributed by atoms with Crippen LogP contribution in [0, 0.1) is 13.8 Å². The first-order valence-electron chi connectivity index (χ1n) is 10.2. The number of ether oxygens (including phenoxy) is 2. The monoisotopic (exact) mass is 418 g/mol. The van der Waals surface area contributed by atoms with Crippen molar-refractivity contribution < 1.29 is 19.4 Å². The maximum absolute atomic E-state index is 12.0. The summed E-state index contributed by atoms with van der Waals surface area (Å²) in [6.45, 7) is 9.57. The molecule has 3 aromatic rings. The van der Waals surface area contributed by atoms with Crippen molar-refractivity contribution in [3.63, 3.8) is 0 Å². The van der Waals surface area contributed by atoms with Crippen molar-refractivity contribution in [3.8, 4) is 11.5 Å². The molecule has 1 aliphatic heterocycles. The second-order valence-electron chi connectivity index (χ2n) is 7.65. The number of hydrogen-bond acceptors (Lipinski definition) is 4. The zero-order valence-electron chi connectivity index (χ0n) is 17.8. The van der Waals surface area contributed by atoms with Crippen LogP contribution in [0.5, 0.6) is 11.5 Å². The third-order valence-corrected chi connectivity index (χ3v) is 5.75. The average Bonchev–Trinajstić information content (AvgIpc) is 3.32. The summed E-state index contributed by atoms with van der Waals surface area (Å²) in [5.41, 5.74) is 6.13. The van der Waals surface area contributed by atoms with Crippen molar-refractivity contribution >= 4 is 12.0 Å². The number of fused-ring (bicyclic) bond motifs is 1. The number of benzene rings is 2. The van der Waals surface area contributed by atoms with E-state index in [4.69, 9.17) is 9.47 Å². The molecule has 6 nitrogen and oxygen atoms in total. The van der Waals surface area contributed by atoms with Crippen LogP contribution in [0.2, 0.25) is 0 Å². The highest BCUT2D eigenvalue weighted by atomic mass is 16.7. The first-order valence-corrected chi connectivity index (χ1v) is 10.2. The summed E-state index contributed by atoms with van der Waals surface area (Å²) in [4.78, 5) is 12.0. The molecule has 0 saturated heterocycles. The Hall–Kier alpha value is -3.51. The number of nitrogens with zero attached hydrogens (tertiary/aromatic N) is 1. The molecule has 0 spiro atoms. The smallest absolute Gasteiger partial charge is 0.337 e. The minimum absolute atomic E-state index is 0.247. The van der Waals surface area contributed by atoms with Gasteiger partial charge in [-0.2, -0.15) is 0 Å². The highest BCUT2D eigenvalue weighted by Gasteiger charge is 2.22. The van der Waals surface area contributed by atoms with E-state index in [0.29, 0.717) is 25.2 Å². The van der Waals surface area contributed by atoms with E-state index >= 15 is 0 Å². The predicted octanol–water partition coefficient (Wildman–Crippen LogP) is 4.51. The molecule has 1 aliphatic rings. The van der Waals surface area contributed by atoms with Crippen LogP contribution in [-0.4, -0.2) is 22.4 Å². The molecule has 160 valence electrons. The van der Waals surface area contributed by atoms with E-state index in [1.807, 2.05) is 62.4 Å². The van der Waals surface area contributed by atoms with Crippen LogP contribution in [-0.2, 0) is 19.6 Å². The second-order valence-corrected chi connectivity index (χ2v) is 7.65. The molecular weight excluding hydrogens is 392 g/mol. The van der Waals surface area contributed by atoms with Gasteiger partial charge in [-0.05, 0) is 42.7 Å². The third-order valence-electron chi connectivity index (χ3n) is 5.75. The first kappa shape index (κ1) is 20.8. The van der Waals surface area contributed by atoms with Gasteiger partial charge in [0.25, 0.3) is 0 Å². The lowest BCUT2D eigenvalue weighted by Gasteiger charge is -2.11. The van der Waals surface area contributed by atoms with E-state index in [1.54, 1.807) is 0 Å². The Balaban J connectivity index is 1.53. The van der Waals surface area contributed by atoms with Crippen LogP contribution in [0.15, 0.2) is 49.0 Å². The number of aromatic nitrogens is 1. The number of hydrogen-bond donors (Lipinski definition) is 2. The normalized spacial score (nSPS) is 12.2. The minimum Gasteiger partial charge on any atom is -0.478 e. The molecule has 2 heterocycles. The van der Waals surface area contributed by atoms with Crippen molar-refractivity contribution in [2.24, 2.45) is 0 Å². The number of carboxylic acids is 1. The Morgan fingerprint density at radius 3 is 2.48 bits per heavy atom. The zero-order valence-corrected chi connectivity index (χ0v) is 17.8. The van der Waals surface area contributed by atoms with Crippen molar-refractivity contribution in [2.75, 3.05) is 6.79 Å². The fraction of sp³-hybridized carbons (Fsp3) is 0.240. The van der Waals surface area contributed by atoms with Gasteiger partial charge >= 0.3 is 5.97 Å². The van der Waals surface area contributed by atoms with Gasteiger partial charge in [0, 0.05) is 36.6 Å². The number of nitrogens with one attached hydrogen (secondary N) is 1. The van der Waals surface area contributed by atoms with Crippen molar-refractivity contribution in [2.45, 2.75) is 33.5 Å². The Morgan fingerprint density at radius 2 is 1.77 bits per heavy atom. The van der Waals surface area contributed by atoms with Crippen molar-refractivity contribution in [1.29, 1.82) is 0 Å². The van der Waals surface area contributed by atoms with Gasteiger partial charge in [0.05, 0.1) is 5.56 Å². The molecule has 0 atom stereocenters. The average molecular weight is 418 g/mol. The van der Waals surface area contributed by atoms with Crippen LogP contribution in [0.4, 0.5) is 0 Å². The molecule has 6 heteroatoms. The molecule has 0 bridgehead atoms. The van der Waals surface area contributed by atoms with E-state index < -0.39 is 5.97 Å². The van der Waals surface area contributed by atoms with E-state index in [-0.39, 0.29) is 6.79 Å². The number of rotatable bonds is 8. The maximum Gasteiger partial charge on any atom is 0.337 e. The molecule has 1 aromatic heterocycles. The molecule has 0 saturated carbocycles. The van der Waals surface area contributed by atoms with E-state index in [0.717, 1.165) is 45.1 Å². The van der Waals surface area contributed by atoms with Gasteiger partial charge in [0.2, 0.25) is 6.79 Å². The molecule has 0 fully saturated rings. The van der Waals surface area contributed by atoms with Crippen molar-refractivity contribution in [1.82, 2.24) is 9.88 Å². The maximum atomic E-state index is 12.0. The lowest BCUT2D eigenvalue weighted by molar-refractivity contribution is 0.0694. The minimum atomic E-state index is -0.902. The SMILES string of the molecule is C=Cc1ccc(Cn2c(C)c(CNCc3ccc4c(c3)OCO4)c(C(=O)O)c2C)cc1. The topological polar surface area (TPSA) is 72.7 Å². The summed E-state index contributed by atoms with van der Waals surface area (Å²) in [5, 5.41) is 13.2. The summed E-state index contributed by atoms with van der Waals surface area (Å²) in [6, 6.07) is 14.0. The van der Waals surface area contributed by atoms with Crippen molar-refractivity contribution in [3.05, 3.63) is 88.2 Å².